The maximum Gasteiger partial charge on any atom is 0.204 e. The van der Waals surface area contributed by atoms with Crippen LogP contribution in [0.15, 0.2) is 91.0 Å². The molecule has 0 fully saturated rings. The van der Waals surface area contributed by atoms with E-state index in [2.05, 4.69) is 5.09 Å². The molecule has 0 radical (unpaired) electrons. The lowest BCUT2D eigenvalue weighted by molar-refractivity contribution is 0.0660. The maximum absolute atomic E-state index is 14.3. The van der Waals surface area contributed by atoms with E-state index < -0.39 is 19.4 Å². The summed E-state index contributed by atoms with van der Waals surface area (Å²) in [6.45, 7) is 4.04. The zero-order valence-electron chi connectivity index (χ0n) is 17.3. The van der Waals surface area contributed by atoms with E-state index in [1.54, 1.807) is 24.3 Å². The Morgan fingerprint density at radius 2 is 1.27 bits per heavy atom. The Hall–Kier alpha value is -2.52. The van der Waals surface area contributed by atoms with Crippen LogP contribution in [0.1, 0.15) is 30.6 Å². The van der Waals surface area contributed by atoms with E-state index in [0.717, 1.165) is 0 Å². The fourth-order valence-corrected chi connectivity index (χ4v) is 6.02. The average molecular weight is 421 g/mol. The molecule has 3 rings (SSSR count). The summed E-state index contributed by atoms with van der Waals surface area (Å²) < 4.78 is 14.3. The van der Waals surface area contributed by atoms with E-state index in [1.165, 1.54) is 0 Å². The second-order valence-electron chi connectivity index (χ2n) is 7.82. The molecular formula is C25H28NO3P. The molecule has 0 unspecified atom stereocenters. The third-order valence-corrected chi connectivity index (χ3v) is 7.77. The van der Waals surface area contributed by atoms with E-state index in [1.807, 2.05) is 80.6 Å². The molecule has 4 nitrogen and oxygen atoms in total. The van der Waals surface area contributed by atoms with Crippen molar-refractivity contribution in [1.29, 1.82) is 0 Å². The van der Waals surface area contributed by atoms with Gasteiger partial charge in [-0.1, -0.05) is 80.6 Å². The van der Waals surface area contributed by atoms with E-state index in [9.17, 15) is 14.5 Å². The van der Waals surface area contributed by atoms with Crippen molar-refractivity contribution in [3.63, 3.8) is 0 Å². The number of hydrogen-bond acceptors (Lipinski definition) is 3. The molecule has 0 saturated heterocycles. The zero-order valence-corrected chi connectivity index (χ0v) is 18.2. The summed E-state index contributed by atoms with van der Waals surface area (Å²) in [6.07, 6.45) is -0.806. The van der Waals surface area contributed by atoms with Crippen molar-refractivity contribution in [3.05, 3.63) is 96.6 Å². The van der Waals surface area contributed by atoms with Gasteiger partial charge in [0, 0.05) is 22.2 Å². The van der Waals surface area contributed by atoms with E-state index >= 15 is 0 Å². The minimum atomic E-state index is -3.28. The number of benzene rings is 3. The van der Waals surface area contributed by atoms with Crippen LogP contribution in [-0.4, -0.2) is 23.0 Å². The molecule has 0 spiro atoms. The number of nitrogens with one attached hydrogen (secondary N) is 1. The highest BCUT2D eigenvalue weighted by Crippen LogP contribution is 2.40. The first-order valence-corrected chi connectivity index (χ1v) is 11.9. The van der Waals surface area contributed by atoms with Gasteiger partial charge in [-0.2, -0.15) is 0 Å². The van der Waals surface area contributed by atoms with Crippen LogP contribution in [0, 0.1) is 5.92 Å². The Morgan fingerprint density at radius 1 is 0.833 bits per heavy atom. The fraction of sp³-hybridized carbons (Fsp3) is 0.240. The Balaban J connectivity index is 2.00. The molecule has 2 N–H and O–H groups in total. The molecular weight excluding hydrogens is 393 g/mol. The van der Waals surface area contributed by atoms with Gasteiger partial charge < -0.3 is 5.11 Å². The highest BCUT2D eigenvalue weighted by Gasteiger charge is 2.35. The molecule has 0 saturated carbocycles. The molecule has 0 amide bonds. The van der Waals surface area contributed by atoms with Crippen LogP contribution < -0.4 is 15.7 Å². The molecule has 30 heavy (non-hydrogen) atoms. The first-order chi connectivity index (χ1) is 14.4. The van der Waals surface area contributed by atoms with Gasteiger partial charge in [0.2, 0.25) is 7.29 Å². The molecule has 0 aliphatic rings. The van der Waals surface area contributed by atoms with Crippen molar-refractivity contribution in [2.24, 2.45) is 5.92 Å². The van der Waals surface area contributed by atoms with Gasteiger partial charge in [-0.05, 0) is 36.6 Å². The Kier molecular flexibility index (Phi) is 7.38. The number of aliphatic hydroxyl groups is 1. The zero-order chi connectivity index (χ0) is 21.6. The lowest BCUT2D eigenvalue weighted by Gasteiger charge is -2.30. The summed E-state index contributed by atoms with van der Waals surface area (Å²) in [5.41, 5.74) is 0.440. The van der Waals surface area contributed by atoms with Gasteiger partial charge in [0.25, 0.3) is 0 Å². The maximum atomic E-state index is 14.3. The highest BCUT2D eigenvalue weighted by atomic mass is 31.2. The first kappa shape index (κ1) is 22.2. The Labute approximate surface area is 178 Å². The SMILES string of the molecule is CC(C)C[C@H](NP(=O)(c1ccccc1)c1ccccc1)[C@H](O)C(=O)c1ccccc1. The number of ketones is 1. The normalized spacial score (nSPS) is 13.7. The molecule has 3 aromatic rings. The van der Waals surface area contributed by atoms with Crippen LogP contribution in [0.25, 0.3) is 0 Å². The van der Waals surface area contributed by atoms with E-state index in [4.69, 9.17) is 0 Å². The summed E-state index contributed by atoms with van der Waals surface area (Å²) in [7, 11) is -3.28. The molecule has 5 heteroatoms. The van der Waals surface area contributed by atoms with E-state index in [0.29, 0.717) is 22.6 Å². The first-order valence-electron chi connectivity index (χ1n) is 10.2. The van der Waals surface area contributed by atoms with Gasteiger partial charge in [0.15, 0.2) is 5.78 Å². The van der Waals surface area contributed by atoms with Gasteiger partial charge in [-0.25, -0.2) is 0 Å². The van der Waals surface area contributed by atoms with E-state index in [-0.39, 0.29) is 11.7 Å². The molecule has 0 heterocycles. The lowest BCUT2D eigenvalue weighted by atomic mass is 9.95. The molecule has 0 aliphatic heterocycles. The summed E-state index contributed by atoms with van der Waals surface area (Å²) in [6, 6.07) is 26.5. The monoisotopic (exact) mass is 421 g/mol. The van der Waals surface area contributed by atoms with Gasteiger partial charge in [0.1, 0.15) is 6.10 Å². The van der Waals surface area contributed by atoms with Crippen LogP contribution in [0.2, 0.25) is 0 Å². The number of carbonyl (C=O) groups is 1. The minimum absolute atomic E-state index is 0.195. The molecule has 0 bridgehead atoms. The molecule has 0 aromatic heterocycles. The lowest BCUT2D eigenvalue weighted by Crippen LogP contribution is -2.46. The number of hydrogen-bond donors (Lipinski definition) is 2. The summed E-state index contributed by atoms with van der Waals surface area (Å²) in [5.74, 6) is -0.179. The van der Waals surface area contributed by atoms with Crippen molar-refractivity contribution in [2.45, 2.75) is 32.4 Å². The second kappa shape index (κ2) is 9.99. The third-order valence-electron chi connectivity index (χ3n) is 5.02. The molecule has 3 aromatic carbocycles. The van der Waals surface area contributed by atoms with Crippen LogP contribution in [-0.2, 0) is 4.57 Å². The van der Waals surface area contributed by atoms with Crippen LogP contribution in [0.5, 0.6) is 0 Å². The number of Topliss-reactive ketones (excluding diaryl/α,β-unsaturated/α-hetero) is 1. The number of rotatable bonds is 9. The Morgan fingerprint density at radius 3 is 1.70 bits per heavy atom. The van der Waals surface area contributed by atoms with Crippen molar-refractivity contribution >= 4 is 23.7 Å². The summed E-state index contributed by atoms with van der Waals surface area (Å²) >= 11 is 0. The smallest absolute Gasteiger partial charge is 0.204 e. The predicted octanol–water partition coefficient (Wildman–Crippen LogP) is 4.16. The van der Waals surface area contributed by atoms with Gasteiger partial charge in [-0.15, -0.1) is 0 Å². The summed E-state index contributed by atoms with van der Waals surface area (Å²) in [5, 5.41) is 15.5. The quantitative estimate of drug-likeness (QED) is 0.402. The predicted molar refractivity (Wildman–Crippen MR) is 123 cm³/mol. The largest absolute Gasteiger partial charge is 0.383 e. The molecule has 156 valence electrons. The van der Waals surface area contributed by atoms with Crippen molar-refractivity contribution in [3.8, 4) is 0 Å². The minimum Gasteiger partial charge on any atom is -0.383 e. The fourth-order valence-electron chi connectivity index (χ4n) is 3.52. The Bertz CT molecular complexity index is 947. The van der Waals surface area contributed by atoms with Crippen molar-refractivity contribution in [1.82, 2.24) is 5.09 Å². The second-order valence-corrected chi connectivity index (χ2v) is 10.3. The topological polar surface area (TPSA) is 66.4 Å². The third kappa shape index (κ3) is 5.14. The van der Waals surface area contributed by atoms with Crippen LogP contribution >= 0.6 is 7.29 Å². The average Bonchev–Trinajstić information content (AvgIpc) is 2.79. The summed E-state index contributed by atoms with van der Waals surface area (Å²) in [4.78, 5) is 12.9. The van der Waals surface area contributed by atoms with Gasteiger partial charge in [0.05, 0.1) is 0 Å². The molecule has 2 atom stereocenters. The highest BCUT2D eigenvalue weighted by molar-refractivity contribution is 7.76. The standard InChI is InChI=1S/C25H28NO3P/c1-19(2)18-23(25(28)24(27)20-12-6-3-7-13-20)26-30(29,21-14-8-4-9-15-21)22-16-10-5-11-17-22/h3-17,19,23,25,28H,18H2,1-2H3,(H,26,29)/t23-,25-/m0/s1. The number of aliphatic hydroxyl groups excluding tert-OH is 1. The van der Waals surface area contributed by atoms with Crippen LogP contribution in [0.4, 0.5) is 0 Å². The van der Waals surface area contributed by atoms with Gasteiger partial charge >= 0.3 is 0 Å². The van der Waals surface area contributed by atoms with Crippen LogP contribution in [0.3, 0.4) is 0 Å². The number of carbonyl (C=O) groups excluding carboxylic acids is 1. The van der Waals surface area contributed by atoms with Crippen molar-refractivity contribution < 1.29 is 14.5 Å². The molecule has 0 aliphatic carbocycles. The van der Waals surface area contributed by atoms with Crippen molar-refractivity contribution in [2.75, 3.05) is 0 Å². The van der Waals surface area contributed by atoms with Gasteiger partial charge in [-0.3, -0.25) is 14.4 Å².